The molecule has 1 aromatic heterocycles. The van der Waals surface area contributed by atoms with Crippen LogP contribution in [0.5, 0.6) is 0 Å². The third kappa shape index (κ3) is 2.36. The van der Waals surface area contributed by atoms with Crippen LogP contribution in [0, 0.1) is 0 Å². The summed E-state index contributed by atoms with van der Waals surface area (Å²) < 4.78 is 0. The first-order valence-electron chi connectivity index (χ1n) is 5.49. The lowest BCUT2D eigenvalue weighted by Gasteiger charge is -2.22. The maximum atomic E-state index is 11.9. The number of rotatable bonds is 3. The van der Waals surface area contributed by atoms with Gasteiger partial charge in [0.25, 0.3) is 0 Å². The van der Waals surface area contributed by atoms with Crippen molar-refractivity contribution < 1.29 is 4.79 Å². The van der Waals surface area contributed by atoms with Gasteiger partial charge >= 0.3 is 0 Å². The van der Waals surface area contributed by atoms with E-state index in [0.717, 1.165) is 25.1 Å². The van der Waals surface area contributed by atoms with Crippen molar-refractivity contribution in [3.63, 3.8) is 0 Å². The van der Waals surface area contributed by atoms with Crippen LogP contribution in [-0.4, -0.2) is 28.0 Å². The molecule has 86 valence electrons. The second-order valence-electron chi connectivity index (χ2n) is 4.25. The third-order valence-corrected chi connectivity index (χ3v) is 2.94. The summed E-state index contributed by atoms with van der Waals surface area (Å²) in [7, 11) is 0. The summed E-state index contributed by atoms with van der Waals surface area (Å²) in [6, 6.07) is 1.80. The Kier molecular flexibility index (Phi) is 3.14. The van der Waals surface area contributed by atoms with E-state index in [4.69, 9.17) is 0 Å². The molecule has 1 aromatic rings. The van der Waals surface area contributed by atoms with Crippen molar-refractivity contribution in [2.75, 3.05) is 6.54 Å². The van der Waals surface area contributed by atoms with Crippen molar-refractivity contribution >= 4 is 5.91 Å². The summed E-state index contributed by atoms with van der Waals surface area (Å²) >= 11 is 0. The average molecular weight is 220 g/mol. The summed E-state index contributed by atoms with van der Waals surface area (Å²) in [6.07, 6.45) is 5.10. The molecule has 2 heterocycles. The van der Waals surface area contributed by atoms with E-state index >= 15 is 0 Å². The Bertz CT molecular complexity index is 360. The Morgan fingerprint density at radius 1 is 1.69 bits per heavy atom. The number of hydrogen-bond donors (Lipinski definition) is 2. The lowest BCUT2D eigenvalue weighted by molar-refractivity contribution is -0.126. The van der Waals surface area contributed by atoms with Crippen LogP contribution in [0.1, 0.15) is 25.5 Å². The Hall–Kier alpha value is -1.49. The van der Waals surface area contributed by atoms with Crippen LogP contribution in [0.25, 0.3) is 0 Å². The minimum Gasteiger partial charge on any atom is -0.349 e. The van der Waals surface area contributed by atoms with Gasteiger partial charge in [-0.25, -0.2) is 9.97 Å². The fraction of sp³-hybridized carbons (Fsp3) is 0.545. The zero-order valence-corrected chi connectivity index (χ0v) is 9.36. The summed E-state index contributed by atoms with van der Waals surface area (Å²) in [5.74, 6) is 0.0450. The Labute approximate surface area is 94.7 Å². The minimum atomic E-state index is -0.410. The van der Waals surface area contributed by atoms with Crippen LogP contribution in [0.15, 0.2) is 18.6 Å². The smallest absolute Gasteiger partial charge is 0.240 e. The Morgan fingerprint density at radius 3 is 3.19 bits per heavy atom. The van der Waals surface area contributed by atoms with Gasteiger partial charge in [-0.3, -0.25) is 4.79 Å². The van der Waals surface area contributed by atoms with Gasteiger partial charge in [0.15, 0.2) is 0 Å². The highest BCUT2D eigenvalue weighted by Gasteiger charge is 2.35. The number of nitrogens with one attached hydrogen (secondary N) is 2. The molecule has 1 atom stereocenters. The molecule has 1 amide bonds. The zero-order chi connectivity index (χ0) is 11.4. The van der Waals surface area contributed by atoms with Crippen LogP contribution in [0.4, 0.5) is 0 Å². The molecular weight excluding hydrogens is 204 g/mol. The van der Waals surface area contributed by atoms with Gasteiger partial charge in [-0.05, 0) is 32.4 Å². The first-order valence-corrected chi connectivity index (χ1v) is 5.49. The average Bonchev–Trinajstić information content (AvgIpc) is 2.76. The summed E-state index contributed by atoms with van der Waals surface area (Å²) in [5, 5.41) is 6.11. The SMILES string of the molecule is CC1(C(=O)NCc2ccncn2)CCCN1. The second kappa shape index (κ2) is 4.57. The van der Waals surface area contributed by atoms with E-state index < -0.39 is 5.54 Å². The summed E-state index contributed by atoms with van der Waals surface area (Å²) in [5.41, 5.74) is 0.414. The van der Waals surface area contributed by atoms with Crippen LogP contribution >= 0.6 is 0 Å². The van der Waals surface area contributed by atoms with Crippen LogP contribution < -0.4 is 10.6 Å². The van der Waals surface area contributed by atoms with Gasteiger partial charge in [-0.1, -0.05) is 0 Å². The lowest BCUT2D eigenvalue weighted by atomic mass is 9.99. The van der Waals surface area contributed by atoms with Gasteiger partial charge in [0.2, 0.25) is 5.91 Å². The number of carbonyl (C=O) groups is 1. The van der Waals surface area contributed by atoms with E-state index in [1.165, 1.54) is 6.33 Å². The van der Waals surface area contributed by atoms with Gasteiger partial charge in [0, 0.05) is 6.20 Å². The molecule has 0 aliphatic carbocycles. The fourth-order valence-corrected chi connectivity index (χ4v) is 1.88. The normalized spacial score (nSPS) is 24.3. The Morgan fingerprint density at radius 2 is 2.56 bits per heavy atom. The molecule has 1 fully saturated rings. The zero-order valence-electron chi connectivity index (χ0n) is 9.36. The lowest BCUT2D eigenvalue weighted by Crippen LogP contribution is -2.50. The molecule has 2 N–H and O–H groups in total. The summed E-state index contributed by atoms with van der Waals surface area (Å²) in [6.45, 7) is 3.31. The number of amides is 1. The first-order chi connectivity index (χ1) is 7.71. The van der Waals surface area contributed by atoms with E-state index in [2.05, 4.69) is 20.6 Å². The Balaban J connectivity index is 1.89. The highest BCUT2D eigenvalue weighted by atomic mass is 16.2. The van der Waals surface area contributed by atoms with Crippen molar-refractivity contribution in [3.8, 4) is 0 Å². The molecule has 1 unspecified atom stereocenters. The fourth-order valence-electron chi connectivity index (χ4n) is 1.88. The topological polar surface area (TPSA) is 66.9 Å². The number of hydrogen-bond acceptors (Lipinski definition) is 4. The summed E-state index contributed by atoms with van der Waals surface area (Å²) in [4.78, 5) is 19.8. The molecule has 16 heavy (non-hydrogen) atoms. The van der Waals surface area contributed by atoms with Crippen molar-refractivity contribution in [2.24, 2.45) is 0 Å². The van der Waals surface area contributed by atoms with E-state index in [0.29, 0.717) is 6.54 Å². The van der Waals surface area contributed by atoms with Gasteiger partial charge in [0.1, 0.15) is 6.33 Å². The van der Waals surface area contributed by atoms with Gasteiger partial charge < -0.3 is 10.6 Å². The maximum Gasteiger partial charge on any atom is 0.240 e. The number of aromatic nitrogens is 2. The predicted octanol–water partition coefficient (Wildman–Crippen LogP) is 0.235. The van der Waals surface area contributed by atoms with E-state index in [-0.39, 0.29) is 5.91 Å². The van der Waals surface area contributed by atoms with E-state index in [9.17, 15) is 4.79 Å². The molecule has 0 spiro atoms. The highest BCUT2D eigenvalue weighted by Crippen LogP contribution is 2.18. The van der Waals surface area contributed by atoms with Crippen LogP contribution in [0.3, 0.4) is 0 Å². The maximum absolute atomic E-state index is 11.9. The predicted molar refractivity (Wildman–Crippen MR) is 59.5 cm³/mol. The molecule has 0 aromatic carbocycles. The largest absolute Gasteiger partial charge is 0.349 e. The minimum absolute atomic E-state index is 0.0450. The van der Waals surface area contributed by atoms with Crippen molar-refractivity contribution in [3.05, 3.63) is 24.3 Å². The molecule has 1 aliphatic heterocycles. The monoisotopic (exact) mass is 220 g/mol. The van der Waals surface area contributed by atoms with Crippen molar-refractivity contribution in [1.82, 2.24) is 20.6 Å². The molecule has 0 bridgehead atoms. The second-order valence-corrected chi connectivity index (χ2v) is 4.25. The van der Waals surface area contributed by atoms with Gasteiger partial charge in [-0.15, -0.1) is 0 Å². The standard InChI is InChI=1S/C11H16N4O/c1-11(4-2-5-15-11)10(16)13-7-9-3-6-12-8-14-9/h3,6,8,15H,2,4-5,7H2,1H3,(H,13,16). The molecule has 1 aliphatic rings. The van der Waals surface area contributed by atoms with E-state index in [1.807, 2.05) is 6.92 Å². The molecule has 5 heteroatoms. The third-order valence-electron chi connectivity index (χ3n) is 2.94. The van der Waals surface area contributed by atoms with E-state index in [1.54, 1.807) is 12.3 Å². The van der Waals surface area contributed by atoms with Crippen LogP contribution in [0.2, 0.25) is 0 Å². The van der Waals surface area contributed by atoms with Gasteiger partial charge in [0.05, 0.1) is 17.8 Å². The molecule has 1 saturated heterocycles. The molecular formula is C11H16N4O. The number of nitrogens with zero attached hydrogens (tertiary/aromatic N) is 2. The highest BCUT2D eigenvalue weighted by molar-refractivity contribution is 5.86. The molecule has 5 nitrogen and oxygen atoms in total. The van der Waals surface area contributed by atoms with Gasteiger partial charge in [-0.2, -0.15) is 0 Å². The first kappa shape index (κ1) is 11.0. The van der Waals surface area contributed by atoms with Crippen molar-refractivity contribution in [2.45, 2.75) is 31.8 Å². The quantitative estimate of drug-likeness (QED) is 0.765. The number of carbonyl (C=O) groups excluding carboxylic acids is 1. The van der Waals surface area contributed by atoms with Crippen molar-refractivity contribution in [1.29, 1.82) is 0 Å². The molecule has 0 saturated carbocycles. The molecule has 0 radical (unpaired) electrons. The van der Waals surface area contributed by atoms with Crippen LogP contribution in [-0.2, 0) is 11.3 Å². The molecule has 2 rings (SSSR count).